The summed E-state index contributed by atoms with van der Waals surface area (Å²) in [6.45, 7) is 0.127. The molecule has 1 aliphatic rings. The molecule has 1 aliphatic heterocycles. The van der Waals surface area contributed by atoms with Crippen LogP contribution in [0.15, 0.2) is 18.2 Å². The highest BCUT2D eigenvalue weighted by Crippen LogP contribution is 2.32. The summed E-state index contributed by atoms with van der Waals surface area (Å²) in [4.78, 5) is 47.5. The van der Waals surface area contributed by atoms with E-state index in [0.29, 0.717) is 0 Å². The number of rotatable bonds is 7. The maximum atomic E-state index is 13.5. The van der Waals surface area contributed by atoms with Crippen LogP contribution in [-0.4, -0.2) is 55.9 Å². The van der Waals surface area contributed by atoms with Crippen LogP contribution in [0.5, 0.6) is 0 Å². The van der Waals surface area contributed by atoms with Crippen molar-refractivity contribution < 1.29 is 41.5 Å². The fraction of sp³-hybridized carbons (Fsp3) is 0.375. The first-order chi connectivity index (χ1) is 13.6. The van der Waals surface area contributed by atoms with E-state index in [4.69, 9.17) is 10.5 Å². The Morgan fingerprint density at radius 1 is 1.14 bits per heavy atom. The Kier molecular flexibility index (Phi) is 7.09. The predicted octanol–water partition coefficient (Wildman–Crippen LogP) is 0.161. The second-order valence-corrected chi connectivity index (χ2v) is 5.80. The van der Waals surface area contributed by atoms with Gasteiger partial charge in [0.05, 0.1) is 6.61 Å². The lowest BCUT2D eigenvalue weighted by Gasteiger charge is -2.27. The minimum Gasteiger partial charge on any atom is -0.370 e. The summed E-state index contributed by atoms with van der Waals surface area (Å²) >= 11 is 0. The van der Waals surface area contributed by atoms with Gasteiger partial charge in [-0.1, -0.05) is 0 Å². The summed E-state index contributed by atoms with van der Waals surface area (Å²) in [5.74, 6) is -5.23. The second-order valence-electron chi connectivity index (χ2n) is 5.80. The highest BCUT2D eigenvalue weighted by Gasteiger charge is 2.31. The molecule has 0 saturated carbocycles. The summed E-state index contributed by atoms with van der Waals surface area (Å²) < 4.78 is 56.5. The zero-order valence-corrected chi connectivity index (χ0v) is 14.7. The molecule has 0 spiro atoms. The van der Waals surface area contributed by atoms with E-state index in [0.717, 1.165) is 12.1 Å². The number of hydrogen-bond acceptors (Lipinski definition) is 5. The first kappa shape index (κ1) is 22.1. The number of alkyl halides is 4. The van der Waals surface area contributed by atoms with Gasteiger partial charge in [-0.05, 0) is 18.2 Å². The van der Waals surface area contributed by atoms with Gasteiger partial charge in [-0.2, -0.15) is 8.78 Å². The molecule has 1 fully saturated rings. The van der Waals surface area contributed by atoms with Gasteiger partial charge in [-0.3, -0.25) is 19.2 Å². The molecule has 1 heterocycles. The summed E-state index contributed by atoms with van der Waals surface area (Å²) in [5.41, 5.74) is 3.89. The van der Waals surface area contributed by atoms with Gasteiger partial charge in [0, 0.05) is 23.5 Å². The van der Waals surface area contributed by atoms with Crippen LogP contribution >= 0.6 is 0 Å². The van der Waals surface area contributed by atoms with Gasteiger partial charge in [-0.15, -0.1) is 0 Å². The number of ether oxygens (including phenoxy) is 1. The van der Waals surface area contributed by atoms with Crippen LogP contribution in [0.3, 0.4) is 0 Å². The lowest BCUT2D eigenvalue weighted by atomic mass is 10.1. The zero-order chi connectivity index (χ0) is 21.7. The molecule has 9 nitrogen and oxygen atoms in total. The number of halogens is 4. The Morgan fingerprint density at radius 2 is 1.83 bits per heavy atom. The Bertz CT molecular complexity index is 820. The quantitative estimate of drug-likeness (QED) is 0.427. The van der Waals surface area contributed by atoms with E-state index in [1.807, 2.05) is 5.32 Å². The monoisotopic (exact) mass is 420 g/mol. The van der Waals surface area contributed by atoms with E-state index >= 15 is 0 Å². The van der Waals surface area contributed by atoms with Gasteiger partial charge in [0.15, 0.2) is 6.04 Å². The molecule has 0 radical (unpaired) electrons. The number of carbonyl (C=O) groups is 4. The zero-order valence-electron chi connectivity index (χ0n) is 14.7. The number of carbonyl (C=O) groups excluding carboxylic acids is 4. The Balaban J connectivity index is 2.26. The number of nitrogens with one attached hydrogen (secondary N) is 2. The number of hydrogen-bond donors (Lipinski definition) is 3. The molecule has 0 unspecified atom stereocenters. The molecule has 0 aromatic heterocycles. The van der Waals surface area contributed by atoms with Crippen LogP contribution in [0, 0.1) is 0 Å². The van der Waals surface area contributed by atoms with E-state index in [-0.39, 0.29) is 25.4 Å². The maximum Gasteiger partial charge on any atom is 0.315 e. The smallest absolute Gasteiger partial charge is 0.315 e. The third-order valence-electron chi connectivity index (χ3n) is 3.86. The third kappa shape index (κ3) is 5.40. The molecule has 29 heavy (non-hydrogen) atoms. The topological polar surface area (TPSA) is 131 Å². The number of amides is 4. The molecule has 1 aromatic rings. The number of nitrogens with two attached hydrogens (primary N) is 1. The number of nitrogens with zero attached hydrogens (tertiary/aromatic N) is 1. The summed E-state index contributed by atoms with van der Waals surface area (Å²) in [7, 11) is 0. The van der Waals surface area contributed by atoms with Crippen molar-refractivity contribution in [1.82, 2.24) is 5.32 Å². The highest BCUT2D eigenvalue weighted by molar-refractivity contribution is 6.12. The van der Waals surface area contributed by atoms with E-state index < -0.39 is 53.8 Å². The lowest BCUT2D eigenvalue weighted by Crippen LogP contribution is -2.53. The molecule has 4 amide bonds. The number of anilines is 2. The van der Waals surface area contributed by atoms with Gasteiger partial charge >= 0.3 is 6.43 Å². The lowest BCUT2D eigenvalue weighted by molar-refractivity contribution is -0.138. The maximum absolute atomic E-state index is 13.5. The van der Waals surface area contributed by atoms with Crippen molar-refractivity contribution in [3.05, 3.63) is 23.8 Å². The van der Waals surface area contributed by atoms with Gasteiger partial charge in [-0.25, -0.2) is 8.78 Å². The number of benzene rings is 1. The normalized spacial score (nSPS) is 15.4. The van der Waals surface area contributed by atoms with Crippen molar-refractivity contribution in [3.63, 3.8) is 0 Å². The Labute approximate surface area is 161 Å². The SMILES string of the molecule is NC(=O)[C@@H](NC(=O)C(F)F)C(=O)Nc1ccc(N2CCOCC2=O)cc1C(F)F. The largest absolute Gasteiger partial charge is 0.370 e. The van der Waals surface area contributed by atoms with Crippen molar-refractivity contribution in [2.75, 3.05) is 30.0 Å². The minimum absolute atomic E-state index is 0.129. The summed E-state index contributed by atoms with van der Waals surface area (Å²) in [6, 6.07) is 1.06. The van der Waals surface area contributed by atoms with Gasteiger partial charge in [0.25, 0.3) is 24.1 Å². The van der Waals surface area contributed by atoms with Crippen molar-refractivity contribution in [3.8, 4) is 0 Å². The Hall–Kier alpha value is -3.22. The molecule has 4 N–H and O–H groups in total. The first-order valence-electron chi connectivity index (χ1n) is 8.10. The molecule has 0 bridgehead atoms. The van der Waals surface area contributed by atoms with Crippen LogP contribution in [0.2, 0.25) is 0 Å². The summed E-state index contributed by atoms with van der Waals surface area (Å²) in [6.07, 6.45) is -6.62. The molecule has 158 valence electrons. The average molecular weight is 420 g/mol. The second kappa shape index (κ2) is 9.32. The van der Waals surface area contributed by atoms with Crippen LogP contribution in [-0.2, 0) is 23.9 Å². The molecule has 0 aliphatic carbocycles. The van der Waals surface area contributed by atoms with Crippen molar-refractivity contribution in [2.24, 2.45) is 5.73 Å². The van der Waals surface area contributed by atoms with Gasteiger partial charge in [0.2, 0.25) is 5.91 Å². The molecular weight excluding hydrogens is 404 g/mol. The van der Waals surface area contributed by atoms with E-state index in [2.05, 4.69) is 0 Å². The van der Waals surface area contributed by atoms with E-state index in [1.54, 1.807) is 0 Å². The van der Waals surface area contributed by atoms with E-state index in [9.17, 15) is 36.7 Å². The third-order valence-corrected chi connectivity index (χ3v) is 3.86. The highest BCUT2D eigenvalue weighted by atomic mass is 19.3. The first-order valence-corrected chi connectivity index (χ1v) is 8.10. The fourth-order valence-electron chi connectivity index (χ4n) is 2.48. The van der Waals surface area contributed by atoms with Crippen molar-refractivity contribution in [1.29, 1.82) is 0 Å². The minimum atomic E-state index is -3.52. The van der Waals surface area contributed by atoms with Crippen molar-refractivity contribution in [2.45, 2.75) is 18.9 Å². The molecule has 13 heteroatoms. The van der Waals surface area contributed by atoms with Crippen LogP contribution in [0.4, 0.5) is 28.9 Å². The number of morpholine rings is 1. The van der Waals surface area contributed by atoms with Crippen molar-refractivity contribution >= 4 is 35.0 Å². The molecule has 2 rings (SSSR count). The van der Waals surface area contributed by atoms with Crippen LogP contribution in [0.1, 0.15) is 12.0 Å². The molecule has 1 aromatic carbocycles. The van der Waals surface area contributed by atoms with Gasteiger partial charge in [0.1, 0.15) is 6.61 Å². The standard InChI is InChI=1S/C16H16F4N4O5/c17-12(18)8-5-7(24-3-4-29-6-10(24)25)1-2-9(8)22-15(27)11(14(21)26)23-16(28)13(19)20/h1-2,5,11-13H,3-4,6H2,(H2,21,26)(H,22,27)(H,23,28)/t11-/m1/s1. The molecule has 1 saturated heterocycles. The van der Waals surface area contributed by atoms with Gasteiger partial charge < -0.3 is 26.0 Å². The molecular formula is C16H16F4N4O5. The van der Waals surface area contributed by atoms with E-state index in [1.165, 1.54) is 16.3 Å². The summed E-state index contributed by atoms with van der Waals surface area (Å²) in [5, 5.41) is 3.38. The average Bonchev–Trinajstić information content (AvgIpc) is 2.66. The van der Waals surface area contributed by atoms with Crippen LogP contribution < -0.4 is 21.3 Å². The number of primary amides is 1. The van der Waals surface area contributed by atoms with Crippen LogP contribution in [0.25, 0.3) is 0 Å². The predicted molar refractivity (Wildman–Crippen MR) is 90.3 cm³/mol. The molecule has 1 atom stereocenters. The Morgan fingerprint density at radius 3 is 2.38 bits per heavy atom. The fourth-order valence-corrected chi connectivity index (χ4v) is 2.48.